The van der Waals surface area contributed by atoms with Crippen molar-refractivity contribution in [2.24, 2.45) is 0 Å². The van der Waals surface area contributed by atoms with Crippen LogP contribution in [0.5, 0.6) is 0 Å². The third-order valence-electron chi connectivity index (χ3n) is 3.50. The summed E-state index contributed by atoms with van der Waals surface area (Å²) >= 11 is 0. The van der Waals surface area contributed by atoms with Crippen LogP contribution >= 0.6 is 0 Å². The summed E-state index contributed by atoms with van der Waals surface area (Å²) in [5, 5.41) is 7.99. The molecule has 4 heteroatoms. The highest BCUT2D eigenvalue weighted by molar-refractivity contribution is 5.27. The van der Waals surface area contributed by atoms with E-state index in [9.17, 15) is 4.39 Å². The van der Waals surface area contributed by atoms with E-state index >= 15 is 0 Å². The van der Waals surface area contributed by atoms with E-state index in [0.717, 1.165) is 23.4 Å². The van der Waals surface area contributed by atoms with Gasteiger partial charge in [-0.15, -0.1) is 0 Å². The second-order valence-corrected chi connectivity index (χ2v) is 6.61. The number of aromatic nitrogens is 2. The van der Waals surface area contributed by atoms with Gasteiger partial charge in [0, 0.05) is 23.8 Å². The molecule has 21 heavy (non-hydrogen) atoms. The van der Waals surface area contributed by atoms with Crippen molar-refractivity contribution < 1.29 is 4.39 Å². The molecular weight excluding hydrogens is 265 g/mol. The molecule has 0 aliphatic rings. The van der Waals surface area contributed by atoms with Crippen molar-refractivity contribution in [3.05, 3.63) is 52.6 Å². The fraction of sp³-hybridized carbons (Fsp3) is 0.471. The third-order valence-corrected chi connectivity index (χ3v) is 3.50. The summed E-state index contributed by atoms with van der Waals surface area (Å²) < 4.78 is 15.2. The summed E-state index contributed by atoms with van der Waals surface area (Å²) in [6.07, 6.45) is 2.04. The summed E-state index contributed by atoms with van der Waals surface area (Å²) in [5.41, 5.74) is 4.32. The first-order chi connectivity index (χ1) is 9.74. The predicted octanol–water partition coefficient (Wildman–Crippen LogP) is 3.58. The second-order valence-electron chi connectivity index (χ2n) is 6.61. The minimum atomic E-state index is -0.200. The third kappa shape index (κ3) is 4.39. The van der Waals surface area contributed by atoms with Gasteiger partial charge in [-0.05, 0) is 57.9 Å². The molecule has 1 aromatic carbocycles. The molecule has 0 unspecified atom stereocenters. The first kappa shape index (κ1) is 15.7. The fourth-order valence-corrected chi connectivity index (χ4v) is 2.16. The van der Waals surface area contributed by atoms with Crippen molar-refractivity contribution in [2.45, 2.75) is 53.2 Å². The zero-order chi connectivity index (χ0) is 15.6. The van der Waals surface area contributed by atoms with E-state index in [1.807, 2.05) is 30.8 Å². The van der Waals surface area contributed by atoms with E-state index in [2.05, 4.69) is 31.2 Å². The molecule has 0 aliphatic heterocycles. The minimum absolute atomic E-state index is 0.0771. The molecule has 114 valence electrons. The van der Waals surface area contributed by atoms with Gasteiger partial charge in [0.25, 0.3) is 0 Å². The molecule has 1 aromatic heterocycles. The van der Waals surface area contributed by atoms with Crippen molar-refractivity contribution in [3.8, 4) is 0 Å². The Hall–Kier alpha value is -1.68. The molecule has 0 aliphatic carbocycles. The maximum atomic E-state index is 13.3. The first-order valence-corrected chi connectivity index (χ1v) is 7.27. The molecule has 0 saturated carbocycles. The van der Waals surface area contributed by atoms with Crippen LogP contribution in [0.15, 0.2) is 24.4 Å². The number of aryl methyl sites for hydroxylation is 2. The topological polar surface area (TPSA) is 29.9 Å². The highest BCUT2D eigenvalue weighted by atomic mass is 19.1. The lowest BCUT2D eigenvalue weighted by Crippen LogP contribution is -2.35. The van der Waals surface area contributed by atoms with Crippen LogP contribution in [0.1, 0.15) is 43.2 Å². The molecule has 2 rings (SSSR count). The number of halogens is 1. The summed E-state index contributed by atoms with van der Waals surface area (Å²) in [6.45, 7) is 11.8. The Kier molecular flexibility index (Phi) is 4.47. The van der Waals surface area contributed by atoms with Crippen molar-refractivity contribution in [3.63, 3.8) is 0 Å². The van der Waals surface area contributed by atoms with Gasteiger partial charge in [0.15, 0.2) is 0 Å². The summed E-state index contributed by atoms with van der Waals surface area (Å²) in [7, 11) is 0. The Morgan fingerprint density at radius 2 is 1.90 bits per heavy atom. The largest absolute Gasteiger partial charge is 0.308 e. The van der Waals surface area contributed by atoms with Gasteiger partial charge < -0.3 is 5.32 Å². The van der Waals surface area contributed by atoms with Crippen LogP contribution in [0.25, 0.3) is 0 Å². The van der Waals surface area contributed by atoms with Gasteiger partial charge in [0.1, 0.15) is 5.82 Å². The molecule has 0 atom stereocenters. The average molecular weight is 289 g/mol. The monoisotopic (exact) mass is 289 g/mol. The smallest absolute Gasteiger partial charge is 0.123 e. The van der Waals surface area contributed by atoms with Crippen LogP contribution in [0.2, 0.25) is 0 Å². The Labute approximate surface area is 126 Å². The SMILES string of the molecule is Cc1ccc(F)cc1Cn1cc(CNC(C)(C)C)c(C)n1. The maximum Gasteiger partial charge on any atom is 0.123 e. The predicted molar refractivity (Wildman–Crippen MR) is 83.8 cm³/mol. The Bertz CT molecular complexity index is 623. The number of rotatable bonds is 4. The van der Waals surface area contributed by atoms with Gasteiger partial charge in [-0.1, -0.05) is 6.07 Å². The lowest BCUT2D eigenvalue weighted by Gasteiger charge is -2.20. The highest BCUT2D eigenvalue weighted by Gasteiger charge is 2.12. The van der Waals surface area contributed by atoms with Gasteiger partial charge >= 0.3 is 0 Å². The normalized spacial score (nSPS) is 11.9. The van der Waals surface area contributed by atoms with Gasteiger partial charge in [-0.25, -0.2) is 4.39 Å². The number of hydrogen-bond donors (Lipinski definition) is 1. The van der Waals surface area contributed by atoms with E-state index in [0.29, 0.717) is 6.54 Å². The van der Waals surface area contributed by atoms with E-state index in [4.69, 9.17) is 0 Å². The summed E-state index contributed by atoms with van der Waals surface area (Å²) in [4.78, 5) is 0. The number of nitrogens with zero attached hydrogens (tertiary/aromatic N) is 2. The van der Waals surface area contributed by atoms with Crippen molar-refractivity contribution in [2.75, 3.05) is 0 Å². The summed E-state index contributed by atoms with van der Waals surface area (Å²) in [6, 6.07) is 4.88. The number of nitrogens with one attached hydrogen (secondary N) is 1. The average Bonchev–Trinajstić information content (AvgIpc) is 2.71. The van der Waals surface area contributed by atoms with Crippen LogP contribution in [0.3, 0.4) is 0 Å². The van der Waals surface area contributed by atoms with Crippen molar-refractivity contribution >= 4 is 0 Å². The van der Waals surface area contributed by atoms with E-state index in [1.54, 1.807) is 6.07 Å². The van der Waals surface area contributed by atoms with E-state index in [1.165, 1.54) is 11.6 Å². The highest BCUT2D eigenvalue weighted by Crippen LogP contribution is 2.14. The molecule has 0 radical (unpaired) electrons. The van der Waals surface area contributed by atoms with Crippen LogP contribution in [-0.2, 0) is 13.1 Å². The molecule has 2 aromatic rings. The lowest BCUT2D eigenvalue weighted by atomic mass is 10.1. The van der Waals surface area contributed by atoms with Crippen LogP contribution in [0, 0.1) is 19.7 Å². The molecule has 0 fully saturated rings. The Balaban J connectivity index is 2.13. The van der Waals surface area contributed by atoms with Crippen LogP contribution < -0.4 is 5.32 Å². The van der Waals surface area contributed by atoms with Gasteiger partial charge in [-0.2, -0.15) is 5.10 Å². The van der Waals surface area contributed by atoms with Crippen molar-refractivity contribution in [1.82, 2.24) is 15.1 Å². The second kappa shape index (κ2) is 5.98. The molecule has 0 amide bonds. The van der Waals surface area contributed by atoms with E-state index in [-0.39, 0.29) is 11.4 Å². The number of hydrogen-bond acceptors (Lipinski definition) is 2. The fourth-order valence-electron chi connectivity index (χ4n) is 2.16. The molecule has 1 N–H and O–H groups in total. The molecule has 3 nitrogen and oxygen atoms in total. The quantitative estimate of drug-likeness (QED) is 0.932. The molecule has 0 saturated heterocycles. The molecule has 0 spiro atoms. The lowest BCUT2D eigenvalue weighted by molar-refractivity contribution is 0.423. The van der Waals surface area contributed by atoms with Gasteiger partial charge in [-0.3, -0.25) is 4.68 Å². The van der Waals surface area contributed by atoms with E-state index < -0.39 is 0 Å². The van der Waals surface area contributed by atoms with Crippen LogP contribution in [0.4, 0.5) is 4.39 Å². The molecule has 0 bridgehead atoms. The zero-order valence-electron chi connectivity index (χ0n) is 13.5. The van der Waals surface area contributed by atoms with Crippen LogP contribution in [-0.4, -0.2) is 15.3 Å². The maximum absolute atomic E-state index is 13.3. The van der Waals surface area contributed by atoms with Gasteiger partial charge in [0.05, 0.1) is 12.2 Å². The Morgan fingerprint density at radius 3 is 2.57 bits per heavy atom. The van der Waals surface area contributed by atoms with Crippen molar-refractivity contribution in [1.29, 1.82) is 0 Å². The van der Waals surface area contributed by atoms with Gasteiger partial charge in [0.2, 0.25) is 0 Å². The first-order valence-electron chi connectivity index (χ1n) is 7.27. The molecular formula is C17H24FN3. The summed E-state index contributed by atoms with van der Waals surface area (Å²) in [5.74, 6) is -0.200. The molecule has 1 heterocycles. The Morgan fingerprint density at radius 1 is 1.19 bits per heavy atom. The standard InChI is InChI=1S/C17H24FN3/c1-12-6-7-16(18)8-14(12)10-21-11-15(13(2)20-21)9-19-17(3,4)5/h6-8,11,19H,9-10H2,1-5H3. The minimum Gasteiger partial charge on any atom is -0.308 e. The number of benzene rings is 1. The zero-order valence-corrected chi connectivity index (χ0v) is 13.5.